The summed E-state index contributed by atoms with van der Waals surface area (Å²) in [5, 5.41) is 8.79. The Morgan fingerprint density at radius 1 is 1.50 bits per heavy atom. The fourth-order valence-corrected chi connectivity index (χ4v) is 1.96. The second-order valence-electron chi connectivity index (χ2n) is 2.41. The van der Waals surface area contributed by atoms with Gasteiger partial charge >= 0.3 is 0 Å². The van der Waals surface area contributed by atoms with Gasteiger partial charge in [0, 0.05) is 3.57 Å². The minimum absolute atomic E-state index is 0.630. The van der Waals surface area contributed by atoms with Crippen molar-refractivity contribution in [3.63, 3.8) is 0 Å². The molecule has 1 heterocycles. The predicted octanol–water partition coefficient (Wildman–Crippen LogP) is 2.94. The highest BCUT2D eigenvalue weighted by molar-refractivity contribution is 14.1. The van der Waals surface area contributed by atoms with E-state index in [1.807, 2.05) is 13.8 Å². The normalized spacial score (nSPS) is 9.58. The van der Waals surface area contributed by atoms with E-state index >= 15 is 0 Å². The summed E-state index contributed by atoms with van der Waals surface area (Å²) in [6, 6.07) is 2.12. The number of rotatable bonds is 0. The summed E-state index contributed by atoms with van der Waals surface area (Å²) in [6.45, 7) is 3.86. The number of hydrogen-bond acceptors (Lipinski definition) is 2. The van der Waals surface area contributed by atoms with Crippen molar-refractivity contribution < 1.29 is 0 Å². The summed E-state index contributed by atoms with van der Waals surface area (Å²) in [6.07, 6.45) is 0. The van der Waals surface area contributed by atoms with Crippen molar-refractivity contribution >= 4 is 38.5 Å². The van der Waals surface area contributed by atoms with E-state index in [9.17, 15) is 0 Å². The first-order chi connectivity index (χ1) is 5.57. The monoisotopic (exact) mass is 336 g/mol. The molecule has 0 atom stereocenters. The molecule has 0 fully saturated rings. The average molecular weight is 337 g/mol. The van der Waals surface area contributed by atoms with Crippen molar-refractivity contribution in [1.82, 2.24) is 4.98 Å². The first-order valence-electron chi connectivity index (χ1n) is 3.30. The summed E-state index contributed by atoms with van der Waals surface area (Å²) in [4.78, 5) is 4.19. The quantitative estimate of drug-likeness (QED) is 0.539. The first-order valence-corrected chi connectivity index (χ1v) is 5.17. The third-order valence-electron chi connectivity index (χ3n) is 1.61. The van der Waals surface area contributed by atoms with E-state index in [0.29, 0.717) is 10.2 Å². The van der Waals surface area contributed by atoms with E-state index in [0.717, 1.165) is 14.8 Å². The fraction of sp³-hybridized carbons (Fsp3) is 0.250. The maximum atomic E-state index is 8.79. The molecule has 0 saturated carbocycles. The Morgan fingerprint density at radius 3 is 2.58 bits per heavy atom. The summed E-state index contributed by atoms with van der Waals surface area (Å²) in [7, 11) is 0. The number of halogens is 2. The van der Waals surface area contributed by atoms with Gasteiger partial charge in [-0.25, -0.2) is 4.98 Å². The van der Waals surface area contributed by atoms with Crippen LogP contribution in [0.25, 0.3) is 0 Å². The zero-order valence-electron chi connectivity index (χ0n) is 6.65. The van der Waals surface area contributed by atoms with Gasteiger partial charge in [0.2, 0.25) is 0 Å². The van der Waals surface area contributed by atoms with Crippen LogP contribution in [0.5, 0.6) is 0 Å². The highest BCUT2D eigenvalue weighted by Crippen LogP contribution is 2.23. The summed E-state index contributed by atoms with van der Waals surface area (Å²) >= 11 is 5.46. The molecule has 0 bridgehead atoms. The SMILES string of the molecule is Cc1nc(Br)c(C#N)c(C)c1I. The summed E-state index contributed by atoms with van der Waals surface area (Å²) < 4.78 is 1.70. The molecule has 0 aromatic carbocycles. The van der Waals surface area contributed by atoms with Gasteiger partial charge in [0.15, 0.2) is 0 Å². The second-order valence-corrected chi connectivity index (χ2v) is 4.24. The minimum Gasteiger partial charge on any atom is -0.244 e. The van der Waals surface area contributed by atoms with Crippen LogP contribution in [0.15, 0.2) is 4.60 Å². The molecule has 0 unspecified atom stereocenters. The Hall–Kier alpha value is -0.150. The van der Waals surface area contributed by atoms with Crippen LogP contribution in [0.3, 0.4) is 0 Å². The van der Waals surface area contributed by atoms with Crippen LogP contribution in [0.1, 0.15) is 16.8 Å². The Kier molecular flexibility index (Phi) is 3.07. The molecule has 2 nitrogen and oxygen atoms in total. The lowest BCUT2D eigenvalue weighted by atomic mass is 10.1. The van der Waals surface area contributed by atoms with E-state index in [2.05, 4.69) is 49.6 Å². The minimum atomic E-state index is 0.630. The van der Waals surface area contributed by atoms with Gasteiger partial charge in [0.25, 0.3) is 0 Å². The van der Waals surface area contributed by atoms with Crippen LogP contribution in [0.4, 0.5) is 0 Å². The Morgan fingerprint density at radius 2 is 2.08 bits per heavy atom. The molecule has 0 saturated heterocycles. The van der Waals surface area contributed by atoms with Crippen LogP contribution in [-0.4, -0.2) is 4.98 Å². The molecule has 4 heteroatoms. The van der Waals surface area contributed by atoms with E-state index in [1.165, 1.54) is 0 Å². The molecule has 0 aliphatic heterocycles. The predicted molar refractivity (Wildman–Crippen MR) is 58.8 cm³/mol. The molecule has 1 aromatic heterocycles. The van der Waals surface area contributed by atoms with Crippen molar-refractivity contribution in [3.05, 3.63) is 25.0 Å². The van der Waals surface area contributed by atoms with Crippen LogP contribution in [-0.2, 0) is 0 Å². The lowest BCUT2D eigenvalue weighted by molar-refractivity contribution is 1.10. The Balaban J connectivity index is 3.54. The molecular formula is C8H6BrIN2. The van der Waals surface area contributed by atoms with Gasteiger partial charge in [-0.2, -0.15) is 5.26 Å². The third-order valence-corrected chi connectivity index (χ3v) is 3.77. The third kappa shape index (κ3) is 1.62. The molecule has 0 spiro atoms. The van der Waals surface area contributed by atoms with Gasteiger partial charge in [-0.1, -0.05) is 0 Å². The number of aromatic nitrogens is 1. The number of nitriles is 1. The molecule has 62 valence electrons. The van der Waals surface area contributed by atoms with E-state index in [4.69, 9.17) is 5.26 Å². The zero-order chi connectivity index (χ0) is 9.30. The Bertz CT molecular complexity index is 368. The van der Waals surface area contributed by atoms with Crippen molar-refractivity contribution in [2.45, 2.75) is 13.8 Å². The molecule has 0 radical (unpaired) electrons. The van der Waals surface area contributed by atoms with Crippen LogP contribution in [0.2, 0.25) is 0 Å². The highest BCUT2D eigenvalue weighted by atomic mass is 127. The van der Waals surface area contributed by atoms with Gasteiger partial charge in [0.1, 0.15) is 10.7 Å². The molecule has 0 aliphatic rings. The average Bonchev–Trinajstić information content (AvgIpc) is 2.01. The highest BCUT2D eigenvalue weighted by Gasteiger charge is 2.10. The largest absolute Gasteiger partial charge is 0.244 e. The molecular weight excluding hydrogens is 331 g/mol. The van der Waals surface area contributed by atoms with Gasteiger partial charge in [0.05, 0.1) is 11.3 Å². The standard InChI is InChI=1S/C8H6BrIN2/c1-4-6(3-11)8(9)12-5(2)7(4)10/h1-2H3. The zero-order valence-corrected chi connectivity index (χ0v) is 10.4. The van der Waals surface area contributed by atoms with Gasteiger partial charge in [-0.3, -0.25) is 0 Å². The van der Waals surface area contributed by atoms with Gasteiger partial charge in [-0.15, -0.1) is 0 Å². The van der Waals surface area contributed by atoms with Crippen LogP contribution >= 0.6 is 38.5 Å². The maximum Gasteiger partial charge on any atom is 0.124 e. The van der Waals surface area contributed by atoms with Crippen molar-refractivity contribution in [2.75, 3.05) is 0 Å². The van der Waals surface area contributed by atoms with E-state index in [-0.39, 0.29) is 0 Å². The first kappa shape index (κ1) is 9.93. The summed E-state index contributed by atoms with van der Waals surface area (Å²) in [5.41, 5.74) is 2.58. The number of aryl methyl sites for hydroxylation is 1. The smallest absolute Gasteiger partial charge is 0.124 e. The van der Waals surface area contributed by atoms with Gasteiger partial charge in [-0.05, 0) is 57.9 Å². The number of hydrogen-bond donors (Lipinski definition) is 0. The molecule has 0 amide bonds. The lowest BCUT2D eigenvalue weighted by Crippen LogP contribution is -1.96. The van der Waals surface area contributed by atoms with Gasteiger partial charge < -0.3 is 0 Å². The fourth-order valence-electron chi connectivity index (χ4n) is 0.918. The number of pyridine rings is 1. The van der Waals surface area contributed by atoms with Crippen LogP contribution in [0, 0.1) is 28.7 Å². The lowest BCUT2D eigenvalue weighted by Gasteiger charge is -2.05. The van der Waals surface area contributed by atoms with Crippen LogP contribution < -0.4 is 0 Å². The molecule has 0 aliphatic carbocycles. The Labute approximate surface area is 93.3 Å². The second kappa shape index (κ2) is 3.71. The molecule has 1 rings (SSSR count). The topological polar surface area (TPSA) is 36.7 Å². The molecule has 12 heavy (non-hydrogen) atoms. The summed E-state index contributed by atoms with van der Waals surface area (Å²) in [5.74, 6) is 0. The van der Waals surface area contributed by atoms with Crippen molar-refractivity contribution in [3.8, 4) is 6.07 Å². The van der Waals surface area contributed by atoms with Crippen molar-refractivity contribution in [1.29, 1.82) is 5.26 Å². The number of nitrogens with zero attached hydrogens (tertiary/aromatic N) is 2. The molecule has 0 N–H and O–H groups in total. The van der Waals surface area contributed by atoms with E-state index in [1.54, 1.807) is 0 Å². The van der Waals surface area contributed by atoms with Crippen molar-refractivity contribution in [2.24, 2.45) is 0 Å². The van der Waals surface area contributed by atoms with E-state index < -0.39 is 0 Å². The maximum absolute atomic E-state index is 8.79. The molecule has 1 aromatic rings.